The standard InChI is InChI=1S/C24H21Cl2F3N6OS/c1-12-5-17(30)34-20(19(12)24(27,28)29)15-7-16-18-21(23(15,25)26)36-4-3-35(22(18)33-11-32-16)10-13-6-14(37-2)9-31-8-13/h5-9,11,21H,3-4,10H2,1-2H3,(H2,30,34). The van der Waals surface area contributed by atoms with Crippen molar-refractivity contribution in [3.63, 3.8) is 0 Å². The van der Waals surface area contributed by atoms with Gasteiger partial charge in [-0.2, -0.15) is 13.2 Å². The van der Waals surface area contributed by atoms with E-state index in [0.29, 0.717) is 30.2 Å². The highest BCUT2D eigenvalue weighted by Crippen LogP contribution is 2.56. The molecule has 0 fully saturated rings. The fourth-order valence-corrected chi connectivity index (χ4v) is 5.73. The molecular weight excluding hydrogens is 548 g/mol. The summed E-state index contributed by atoms with van der Waals surface area (Å²) in [7, 11) is 0. The number of aryl methyl sites for hydroxylation is 1. The first kappa shape index (κ1) is 26.0. The van der Waals surface area contributed by atoms with Gasteiger partial charge in [0.15, 0.2) is 4.33 Å². The van der Waals surface area contributed by atoms with Crippen LogP contribution in [0, 0.1) is 6.92 Å². The molecule has 0 aromatic carbocycles. The number of pyridine rings is 2. The van der Waals surface area contributed by atoms with E-state index in [1.807, 2.05) is 17.2 Å². The smallest absolute Gasteiger partial charge is 0.384 e. The van der Waals surface area contributed by atoms with Gasteiger partial charge in [-0.05, 0) is 42.5 Å². The van der Waals surface area contributed by atoms with Crippen molar-refractivity contribution in [2.24, 2.45) is 0 Å². The van der Waals surface area contributed by atoms with Gasteiger partial charge in [0.25, 0.3) is 0 Å². The molecule has 1 aliphatic carbocycles. The molecule has 2 N–H and O–H groups in total. The average Bonchev–Trinajstić information content (AvgIpc) is 3.01. The Bertz CT molecular complexity index is 1400. The first-order valence-electron chi connectivity index (χ1n) is 11.1. The molecule has 1 atom stereocenters. The van der Waals surface area contributed by atoms with E-state index in [1.165, 1.54) is 19.3 Å². The lowest BCUT2D eigenvalue weighted by Gasteiger charge is -2.36. The number of nitrogens with two attached hydrogens (primary N) is 1. The van der Waals surface area contributed by atoms with Crippen molar-refractivity contribution in [2.45, 2.75) is 35.0 Å². The Morgan fingerprint density at radius 2 is 2.03 bits per heavy atom. The van der Waals surface area contributed by atoms with Gasteiger partial charge in [-0.15, -0.1) is 11.8 Å². The molecule has 5 rings (SSSR count). The van der Waals surface area contributed by atoms with Crippen LogP contribution in [0.2, 0.25) is 0 Å². The maximum Gasteiger partial charge on any atom is 0.418 e. The molecule has 0 radical (unpaired) electrons. The number of anilines is 2. The normalized spacial score (nSPS) is 18.7. The van der Waals surface area contributed by atoms with Gasteiger partial charge in [-0.3, -0.25) is 4.98 Å². The second-order valence-electron chi connectivity index (χ2n) is 8.67. The van der Waals surface area contributed by atoms with Gasteiger partial charge in [-0.1, -0.05) is 23.2 Å². The summed E-state index contributed by atoms with van der Waals surface area (Å²) in [6, 6.07) is 3.20. The molecule has 0 saturated heterocycles. The lowest BCUT2D eigenvalue weighted by molar-refractivity contribution is -0.138. The van der Waals surface area contributed by atoms with E-state index in [1.54, 1.807) is 24.2 Å². The summed E-state index contributed by atoms with van der Waals surface area (Å²) >= 11 is 15.3. The van der Waals surface area contributed by atoms with Gasteiger partial charge < -0.3 is 15.4 Å². The first-order valence-corrected chi connectivity index (χ1v) is 13.1. The molecule has 3 aromatic heterocycles. The molecule has 194 valence electrons. The average molecular weight is 569 g/mol. The number of rotatable bonds is 4. The van der Waals surface area contributed by atoms with Crippen LogP contribution < -0.4 is 10.6 Å². The molecule has 13 heteroatoms. The number of nitrogens with zero attached hydrogens (tertiary/aromatic N) is 5. The number of ether oxygens (including phenoxy) is 1. The minimum Gasteiger partial charge on any atom is -0.384 e. The number of hydrogen-bond acceptors (Lipinski definition) is 8. The number of halogens is 5. The van der Waals surface area contributed by atoms with Crippen LogP contribution in [-0.2, 0) is 17.5 Å². The van der Waals surface area contributed by atoms with Crippen molar-refractivity contribution in [1.29, 1.82) is 0 Å². The highest BCUT2D eigenvalue weighted by molar-refractivity contribution is 7.98. The van der Waals surface area contributed by atoms with E-state index in [2.05, 4.69) is 19.9 Å². The fraction of sp³-hybridized carbons (Fsp3) is 0.333. The molecule has 1 unspecified atom stereocenters. The predicted octanol–water partition coefficient (Wildman–Crippen LogP) is 5.70. The second kappa shape index (κ2) is 9.61. The summed E-state index contributed by atoms with van der Waals surface area (Å²) in [5.74, 6) is 0.449. The van der Waals surface area contributed by atoms with Crippen LogP contribution in [-0.4, -0.2) is 43.7 Å². The molecular formula is C24H21Cl2F3N6OS. The Balaban J connectivity index is 1.66. The predicted molar refractivity (Wildman–Crippen MR) is 138 cm³/mol. The third-order valence-corrected chi connectivity index (χ3v) is 7.72. The summed E-state index contributed by atoms with van der Waals surface area (Å²) in [5.41, 5.74) is 6.04. The third-order valence-electron chi connectivity index (χ3n) is 6.22. The minimum absolute atomic E-state index is 0.0891. The molecule has 7 nitrogen and oxygen atoms in total. The van der Waals surface area contributed by atoms with Crippen LogP contribution in [0.5, 0.6) is 0 Å². The van der Waals surface area contributed by atoms with Gasteiger partial charge in [0.05, 0.1) is 29.1 Å². The van der Waals surface area contributed by atoms with Crippen LogP contribution in [0.25, 0.3) is 11.6 Å². The lowest BCUT2D eigenvalue weighted by atomic mass is 9.87. The van der Waals surface area contributed by atoms with Gasteiger partial charge in [0.2, 0.25) is 0 Å². The highest BCUT2D eigenvalue weighted by atomic mass is 35.5. The lowest BCUT2D eigenvalue weighted by Crippen LogP contribution is -2.33. The van der Waals surface area contributed by atoms with Gasteiger partial charge in [0, 0.05) is 36.0 Å². The first-order chi connectivity index (χ1) is 17.5. The van der Waals surface area contributed by atoms with Gasteiger partial charge in [-0.25, -0.2) is 15.0 Å². The molecule has 0 saturated carbocycles. The topological polar surface area (TPSA) is 90.0 Å². The zero-order valence-corrected chi connectivity index (χ0v) is 22.0. The Kier molecular flexibility index (Phi) is 6.76. The van der Waals surface area contributed by atoms with Crippen LogP contribution in [0.3, 0.4) is 0 Å². The monoisotopic (exact) mass is 568 g/mol. The van der Waals surface area contributed by atoms with Crippen LogP contribution in [0.1, 0.15) is 39.7 Å². The molecule has 37 heavy (non-hydrogen) atoms. The Morgan fingerprint density at radius 1 is 1.24 bits per heavy atom. The van der Waals surface area contributed by atoms with E-state index in [9.17, 15) is 13.2 Å². The molecule has 2 aliphatic rings. The molecule has 0 spiro atoms. The van der Waals surface area contributed by atoms with Crippen molar-refractivity contribution in [2.75, 3.05) is 30.0 Å². The number of aromatic nitrogens is 4. The van der Waals surface area contributed by atoms with Crippen molar-refractivity contribution < 1.29 is 17.9 Å². The summed E-state index contributed by atoms with van der Waals surface area (Å²) in [6.45, 7) is 2.42. The third kappa shape index (κ3) is 4.73. The highest BCUT2D eigenvalue weighted by Gasteiger charge is 2.51. The largest absolute Gasteiger partial charge is 0.418 e. The van der Waals surface area contributed by atoms with Crippen molar-refractivity contribution in [3.8, 4) is 0 Å². The minimum atomic E-state index is -4.72. The summed E-state index contributed by atoms with van der Waals surface area (Å²) < 4.78 is 46.5. The van der Waals surface area contributed by atoms with Crippen molar-refractivity contribution in [3.05, 3.63) is 64.5 Å². The van der Waals surface area contributed by atoms with Crippen LogP contribution in [0.15, 0.2) is 35.7 Å². The van der Waals surface area contributed by atoms with E-state index < -0.39 is 27.9 Å². The Morgan fingerprint density at radius 3 is 2.76 bits per heavy atom. The summed E-state index contributed by atoms with van der Waals surface area (Å²) in [4.78, 5) is 20.1. The molecule has 1 aliphatic heterocycles. The molecule has 0 amide bonds. The van der Waals surface area contributed by atoms with Crippen molar-refractivity contribution >= 4 is 58.2 Å². The maximum atomic E-state index is 14.1. The summed E-state index contributed by atoms with van der Waals surface area (Å²) in [6.07, 6.45) is 2.52. The number of thioether (sulfide) groups is 1. The number of hydrogen-bond donors (Lipinski definition) is 1. The second-order valence-corrected chi connectivity index (χ2v) is 10.9. The van der Waals surface area contributed by atoms with Crippen molar-refractivity contribution in [1.82, 2.24) is 19.9 Å². The number of alkyl halides is 5. The summed E-state index contributed by atoms with van der Waals surface area (Å²) in [5, 5.41) is 0. The Labute approximate surface area is 225 Å². The van der Waals surface area contributed by atoms with Gasteiger partial charge >= 0.3 is 6.18 Å². The van der Waals surface area contributed by atoms with E-state index in [0.717, 1.165) is 16.5 Å². The van der Waals surface area contributed by atoms with E-state index in [-0.39, 0.29) is 23.6 Å². The molecule has 0 bridgehead atoms. The quantitative estimate of drug-likeness (QED) is 0.316. The SMILES string of the molecule is CSc1cncc(CN2CCOC3c4c(ncnc42)C=C(c2nc(N)cc(C)c2C(F)(F)F)C3(Cl)Cl)c1. The van der Waals surface area contributed by atoms with E-state index >= 15 is 0 Å². The van der Waals surface area contributed by atoms with Crippen LogP contribution in [0.4, 0.5) is 24.8 Å². The van der Waals surface area contributed by atoms with Gasteiger partial charge in [0.1, 0.15) is 24.1 Å². The van der Waals surface area contributed by atoms with E-state index in [4.69, 9.17) is 33.7 Å². The molecule has 3 aromatic rings. The van der Waals surface area contributed by atoms with Crippen LogP contribution >= 0.6 is 35.0 Å². The number of nitrogen functional groups attached to an aromatic ring is 1. The fourth-order valence-electron chi connectivity index (χ4n) is 4.66. The maximum absolute atomic E-state index is 14.1. The zero-order valence-electron chi connectivity index (χ0n) is 19.7. The molecule has 4 heterocycles. The zero-order chi connectivity index (χ0) is 26.5. The Hall–Kier alpha value is -2.60.